The number of hydrogen-bond donors (Lipinski definition) is 2. The van der Waals surface area contributed by atoms with Gasteiger partial charge in [-0.25, -0.2) is 14.8 Å². The minimum Gasteiger partial charge on any atom is -0.365 e. The molecule has 0 saturated heterocycles. The van der Waals surface area contributed by atoms with Gasteiger partial charge in [0.15, 0.2) is 11.5 Å². The molecule has 3 heterocycles. The van der Waals surface area contributed by atoms with E-state index in [-0.39, 0.29) is 30.3 Å². The summed E-state index contributed by atoms with van der Waals surface area (Å²) in [6, 6.07) is 5.59. The smallest absolute Gasteiger partial charge is 0.365 e. The number of nitrogens with zero attached hydrogens (tertiary/aromatic N) is 6. The van der Waals surface area contributed by atoms with Gasteiger partial charge in [0, 0.05) is 19.1 Å². The van der Waals surface area contributed by atoms with E-state index in [1.807, 2.05) is 11.6 Å². The molecule has 3 aromatic heterocycles. The quantitative estimate of drug-likeness (QED) is 0.281. The van der Waals surface area contributed by atoms with E-state index in [1.54, 1.807) is 0 Å². The van der Waals surface area contributed by atoms with Gasteiger partial charge in [-0.2, -0.15) is 18.2 Å². The zero-order valence-corrected chi connectivity index (χ0v) is 23.0. The molecule has 4 aromatic rings. The van der Waals surface area contributed by atoms with Crippen molar-refractivity contribution in [2.75, 3.05) is 17.3 Å². The van der Waals surface area contributed by atoms with Crippen LogP contribution in [0.25, 0.3) is 22.8 Å². The Morgan fingerprint density at radius 2 is 1.80 bits per heavy atom. The fourth-order valence-corrected chi connectivity index (χ4v) is 5.86. The molecule has 218 valence electrons. The molecule has 10 nitrogen and oxygen atoms in total. The second-order valence-electron chi connectivity index (χ2n) is 11.2. The largest absolute Gasteiger partial charge is 0.439 e. The van der Waals surface area contributed by atoms with Gasteiger partial charge in [0.2, 0.25) is 17.6 Å². The van der Waals surface area contributed by atoms with Crippen molar-refractivity contribution in [3.63, 3.8) is 0 Å². The highest BCUT2D eigenvalue weighted by molar-refractivity contribution is 5.87. The second-order valence-corrected chi connectivity index (χ2v) is 11.2. The van der Waals surface area contributed by atoms with E-state index < -0.39 is 17.5 Å². The van der Waals surface area contributed by atoms with Crippen LogP contribution in [0.1, 0.15) is 69.4 Å². The van der Waals surface area contributed by atoms with Crippen molar-refractivity contribution in [2.24, 2.45) is 5.92 Å². The maximum absolute atomic E-state index is 13.3. The number of hydrogen-bond acceptors (Lipinski definition) is 8. The summed E-state index contributed by atoms with van der Waals surface area (Å²) in [7, 11) is 2.01. The third kappa shape index (κ3) is 5.53. The molecular formula is C28H33F3N8O2. The molecular weight excluding hydrogens is 537 g/mol. The van der Waals surface area contributed by atoms with E-state index >= 15 is 0 Å². The van der Waals surface area contributed by atoms with Crippen LogP contribution in [0.15, 0.2) is 33.6 Å². The highest BCUT2D eigenvalue weighted by Crippen LogP contribution is 2.36. The Kier molecular flexibility index (Phi) is 7.20. The average molecular weight is 571 g/mol. The van der Waals surface area contributed by atoms with Crippen molar-refractivity contribution in [3.05, 3.63) is 45.9 Å². The minimum absolute atomic E-state index is 0.0933. The monoisotopic (exact) mass is 570 g/mol. The topological polar surface area (TPSA) is 118 Å². The van der Waals surface area contributed by atoms with Gasteiger partial charge < -0.3 is 14.8 Å². The number of benzene rings is 1. The summed E-state index contributed by atoms with van der Waals surface area (Å²) < 4.78 is 46.4. The maximum Gasteiger partial charge on any atom is 0.439 e. The second kappa shape index (κ2) is 10.8. The molecule has 6 rings (SSSR count). The molecule has 0 aliphatic heterocycles. The Balaban J connectivity index is 1.49. The zero-order chi connectivity index (χ0) is 28.7. The summed E-state index contributed by atoms with van der Waals surface area (Å²) in [5.74, 6) is 1.22. The van der Waals surface area contributed by atoms with Crippen LogP contribution in [-0.2, 0) is 12.7 Å². The fourth-order valence-electron chi connectivity index (χ4n) is 5.86. The van der Waals surface area contributed by atoms with Crippen molar-refractivity contribution in [1.82, 2.24) is 29.7 Å². The lowest BCUT2D eigenvalue weighted by Gasteiger charge is -2.33. The molecule has 2 fully saturated rings. The van der Waals surface area contributed by atoms with E-state index in [0.717, 1.165) is 50.7 Å². The first kappa shape index (κ1) is 27.3. The summed E-state index contributed by atoms with van der Waals surface area (Å²) in [6.07, 6.45) is 4.52. The SMILES string of the molecule is C[C@@H](Nc1nc(-c2noc(=O)[nH]2)nc2nc(N(C)C3CCCCC3)n(Cc3ccc(C(F)(F)F)cc3)c12)C1CCC1. The molecule has 1 aromatic carbocycles. The molecule has 0 radical (unpaired) electrons. The molecule has 2 aliphatic rings. The third-order valence-corrected chi connectivity index (χ3v) is 8.52. The first-order chi connectivity index (χ1) is 19.7. The van der Waals surface area contributed by atoms with Gasteiger partial charge in [-0.1, -0.05) is 43.0 Å². The molecule has 0 amide bonds. The normalized spacial score (nSPS) is 17.5. The van der Waals surface area contributed by atoms with Crippen molar-refractivity contribution in [1.29, 1.82) is 0 Å². The molecule has 2 aliphatic carbocycles. The fraction of sp³-hybridized carbons (Fsp3) is 0.536. The summed E-state index contributed by atoms with van der Waals surface area (Å²) in [5.41, 5.74) is 1.04. The van der Waals surface area contributed by atoms with Crippen LogP contribution < -0.4 is 16.0 Å². The predicted molar refractivity (Wildman–Crippen MR) is 148 cm³/mol. The zero-order valence-electron chi connectivity index (χ0n) is 23.0. The number of halogens is 3. The summed E-state index contributed by atoms with van der Waals surface area (Å²) in [6.45, 7) is 2.39. The number of rotatable bonds is 8. The van der Waals surface area contributed by atoms with Crippen LogP contribution in [0.2, 0.25) is 0 Å². The van der Waals surface area contributed by atoms with Crippen LogP contribution in [0.3, 0.4) is 0 Å². The highest BCUT2D eigenvalue weighted by atomic mass is 19.4. The summed E-state index contributed by atoms with van der Waals surface area (Å²) in [5, 5.41) is 7.34. The van der Waals surface area contributed by atoms with Crippen LogP contribution in [0.4, 0.5) is 24.9 Å². The Labute approximate surface area is 234 Å². The Morgan fingerprint density at radius 3 is 2.41 bits per heavy atom. The van der Waals surface area contributed by atoms with E-state index in [4.69, 9.17) is 14.5 Å². The van der Waals surface area contributed by atoms with E-state index in [9.17, 15) is 18.0 Å². The first-order valence-electron chi connectivity index (χ1n) is 14.2. The predicted octanol–water partition coefficient (Wildman–Crippen LogP) is 5.61. The molecule has 0 spiro atoms. The lowest BCUT2D eigenvalue weighted by Crippen LogP contribution is -2.35. The summed E-state index contributed by atoms with van der Waals surface area (Å²) >= 11 is 0. The van der Waals surface area contributed by atoms with Gasteiger partial charge in [-0.3, -0.25) is 9.51 Å². The number of alkyl halides is 3. The first-order valence-corrected chi connectivity index (χ1v) is 14.2. The number of nitrogens with one attached hydrogen (secondary N) is 2. The Bertz CT molecular complexity index is 1570. The van der Waals surface area contributed by atoms with Crippen LogP contribution in [-0.4, -0.2) is 48.8 Å². The number of imidazole rings is 1. The van der Waals surface area contributed by atoms with Gasteiger partial charge in [0.25, 0.3) is 0 Å². The van der Waals surface area contributed by atoms with Crippen molar-refractivity contribution < 1.29 is 17.7 Å². The Hall–Kier alpha value is -3.90. The molecule has 2 N–H and O–H groups in total. The molecule has 41 heavy (non-hydrogen) atoms. The van der Waals surface area contributed by atoms with Gasteiger partial charge in [0.05, 0.1) is 12.1 Å². The Morgan fingerprint density at radius 1 is 1.07 bits per heavy atom. The van der Waals surface area contributed by atoms with E-state index in [2.05, 4.69) is 32.3 Å². The number of aromatic amines is 1. The van der Waals surface area contributed by atoms with Crippen LogP contribution >= 0.6 is 0 Å². The van der Waals surface area contributed by atoms with Crippen molar-refractivity contribution in [2.45, 2.75) is 83.1 Å². The molecule has 0 bridgehead atoms. The number of anilines is 2. The molecule has 2 saturated carbocycles. The van der Waals surface area contributed by atoms with Crippen LogP contribution in [0, 0.1) is 5.92 Å². The van der Waals surface area contributed by atoms with Crippen molar-refractivity contribution >= 4 is 22.9 Å². The van der Waals surface area contributed by atoms with E-state index in [1.165, 1.54) is 25.0 Å². The number of H-pyrrole nitrogens is 1. The highest BCUT2D eigenvalue weighted by Gasteiger charge is 2.31. The molecule has 1 atom stereocenters. The third-order valence-electron chi connectivity index (χ3n) is 8.52. The molecule has 0 unspecified atom stereocenters. The molecule has 13 heteroatoms. The average Bonchev–Trinajstić information content (AvgIpc) is 3.51. The number of fused-ring (bicyclic) bond motifs is 1. The summed E-state index contributed by atoms with van der Waals surface area (Å²) in [4.78, 5) is 30.7. The standard InChI is InChI=1S/C28H33F3N8O2/c1-16(18-7-6-8-18)32-22-21-23(34-24(33-22)25-36-27(40)41-37-25)35-26(38(2)20-9-4-3-5-10-20)39(21)15-17-11-13-19(14-12-17)28(29,30)31/h11-14,16,18,20H,3-10,15H2,1-2H3,(H,32,33,34)(H,36,37,40)/t16-/m1/s1. The van der Waals surface area contributed by atoms with Gasteiger partial charge in [0.1, 0.15) is 5.52 Å². The maximum atomic E-state index is 13.3. The lowest BCUT2D eigenvalue weighted by molar-refractivity contribution is -0.137. The van der Waals surface area contributed by atoms with Gasteiger partial charge in [-0.05, 0) is 56.2 Å². The van der Waals surface area contributed by atoms with E-state index in [0.29, 0.717) is 34.4 Å². The minimum atomic E-state index is -4.41. The van der Waals surface area contributed by atoms with Gasteiger partial charge >= 0.3 is 11.9 Å². The van der Waals surface area contributed by atoms with Gasteiger partial charge in [-0.15, -0.1) is 0 Å². The lowest BCUT2D eigenvalue weighted by atomic mass is 9.80. The van der Waals surface area contributed by atoms with Crippen LogP contribution in [0.5, 0.6) is 0 Å². The number of aromatic nitrogens is 6. The van der Waals surface area contributed by atoms with Crippen molar-refractivity contribution in [3.8, 4) is 11.6 Å².